The van der Waals surface area contributed by atoms with Gasteiger partial charge in [-0.2, -0.15) is 0 Å². The number of hydrogen-bond donors (Lipinski definition) is 3. The molecule has 0 aromatic rings. The zero-order chi connectivity index (χ0) is 68.2. The first-order valence-electron chi connectivity index (χ1n) is 37.7. The number of hydrogen-bond acceptors (Lipinski definition) is 15. The highest BCUT2D eigenvalue weighted by Crippen LogP contribution is 2.45. The van der Waals surface area contributed by atoms with Gasteiger partial charge in [0, 0.05) is 25.7 Å². The molecular formula is C73H142O17P2. The Morgan fingerprint density at radius 3 is 0.772 bits per heavy atom. The number of aliphatic hydroxyl groups excluding tert-OH is 1. The SMILES string of the molecule is CCC(C)CCCCCCCCCCCCCCCCC(=O)O[C@H](COC(=O)CCCCCCCCCC(C)C)COP(=O)(O)OCC(O)COP(=O)(O)OC[C@@H](COC(=O)CCCCCCCCCCC(C)C)OC(=O)CCCCCCCCCCCCC(C)C. The zero-order valence-electron chi connectivity index (χ0n) is 60.2. The third-order valence-electron chi connectivity index (χ3n) is 17.2. The summed E-state index contributed by atoms with van der Waals surface area (Å²) < 4.78 is 68.4. The molecule has 0 bridgehead atoms. The monoisotopic (exact) mass is 1350 g/mol. The fourth-order valence-electron chi connectivity index (χ4n) is 11.0. The summed E-state index contributed by atoms with van der Waals surface area (Å²) in [5.41, 5.74) is 0. The van der Waals surface area contributed by atoms with Gasteiger partial charge in [-0.3, -0.25) is 37.3 Å². The molecule has 0 fully saturated rings. The molecule has 0 aliphatic heterocycles. The third-order valence-corrected chi connectivity index (χ3v) is 19.1. The Balaban J connectivity index is 5.23. The van der Waals surface area contributed by atoms with Gasteiger partial charge in [0.05, 0.1) is 26.4 Å². The Kier molecular flexibility index (Phi) is 61.3. The number of aliphatic hydroxyl groups is 1. The number of phosphoric acid groups is 2. The summed E-state index contributed by atoms with van der Waals surface area (Å²) in [6.45, 7) is 14.1. The first kappa shape index (κ1) is 90.1. The molecule has 0 heterocycles. The van der Waals surface area contributed by atoms with E-state index in [-0.39, 0.29) is 25.7 Å². The number of carbonyl (C=O) groups is 4. The van der Waals surface area contributed by atoms with Crippen LogP contribution < -0.4 is 0 Å². The van der Waals surface area contributed by atoms with Crippen molar-refractivity contribution in [1.29, 1.82) is 0 Å². The van der Waals surface area contributed by atoms with Crippen LogP contribution >= 0.6 is 15.6 Å². The number of carbonyl (C=O) groups excluding carboxylic acids is 4. The quantitative estimate of drug-likeness (QED) is 0.0222. The fourth-order valence-corrected chi connectivity index (χ4v) is 12.6. The summed E-state index contributed by atoms with van der Waals surface area (Å²) in [4.78, 5) is 72.6. The highest BCUT2D eigenvalue weighted by Gasteiger charge is 2.30. The predicted octanol–water partition coefficient (Wildman–Crippen LogP) is 20.9. The molecule has 92 heavy (non-hydrogen) atoms. The minimum atomic E-state index is -4.95. The molecule has 0 aromatic carbocycles. The van der Waals surface area contributed by atoms with Gasteiger partial charge < -0.3 is 33.8 Å². The van der Waals surface area contributed by atoms with E-state index in [0.717, 1.165) is 114 Å². The molecule has 0 aliphatic rings. The molecule has 546 valence electrons. The number of ether oxygens (including phenoxy) is 4. The van der Waals surface area contributed by atoms with Gasteiger partial charge in [-0.25, -0.2) is 9.13 Å². The fraction of sp³-hybridized carbons (Fsp3) is 0.945. The lowest BCUT2D eigenvalue weighted by molar-refractivity contribution is -0.161. The van der Waals surface area contributed by atoms with Crippen molar-refractivity contribution in [2.45, 2.75) is 382 Å². The Hall–Kier alpha value is -1.94. The average Bonchev–Trinajstić information content (AvgIpc) is 3.52. The molecule has 6 atom stereocenters. The predicted molar refractivity (Wildman–Crippen MR) is 372 cm³/mol. The number of rotatable bonds is 70. The number of phosphoric ester groups is 2. The van der Waals surface area contributed by atoms with Gasteiger partial charge in [0.15, 0.2) is 12.2 Å². The molecule has 0 aromatic heterocycles. The summed E-state index contributed by atoms with van der Waals surface area (Å²) in [5.74, 6) is 0.903. The topological polar surface area (TPSA) is 237 Å². The Labute approximate surface area is 562 Å². The van der Waals surface area contributed by atoms with Crippen LogP contribution in [0.1, 0.15) is 364 Å². The molecule has 0 saturated heterocycles. The first-order chi connectivity index (χ1) is 44.1. The van der Waals surface area contributed by atoms with E-state index < -0.39 is 97.5 Å². The summed E-state index contributed by atoms with van der Waals surface area (Å²) in [7, 11) is -9.91. The molecule has 0 rings (SSSR count). The van der Waals surface area contributed by atoms with Gasteiger partial charge in [0.2, 0.25) is 0 Å². The van der Waals surface area contributed by atoms with Crippen LogP contribution in [0.5, 0.6) is 0 Å². The summed E-state index contributed by atoms with van der Waals surface area (Å²) >= 11 is 0. The molecule has 0 saturated carbocycles. The van der Waals surface area contributed by atoms with Crippen LogP contribution in [0.25, 0.3) is 0 Å². The van der Waals surface area contributed by atoms with E-state index >= 15 is 0 Å². The normalized spacial score (nSPS) is 14.5. The molecule has 0 spiro atoms. The summed E-state index contributed by atoms with van der Waals surface area (Å²) in [6, 6.07) is 0. The highest BCUT2D eigenvalue weighted by atomic mass is 31.2. The number of esters is 4. The van der Waals surface area contributed by atoms with Crippen molar-refractivity contribution in [2.24, 2.45) is 23.7 Å². The maximum atomic E-state index is 13.0. The van der Waals surface area contributed by atoms with Gasteiger partial charge >= 0.3 is 39.5 Å². The molecule has 0 aliphatic carbocycles. The Morgan fingerprint density at radius 2 is 0.522 bits per heavy atom. The van der Waals surface area contributed by atoms with E-state index in [1.165, 1.54) is 161 Å². The van der Waals surface area contributed by atoms with E-state index in [4.69, 9.17) is 37.0 Å². The smallest absolute Gasteiger partial charge is 0.462 e. The second-order valence-electron chi connectivity index (χ2n) is 28.0. The van der Waals surface area contributed by atoms with Crippen LogP contribution in [0.15, 0.2) is 0 Å². The maximum absolute atomic E-state index is 13.0. The van der Waals surface area contributed by atoms with E-state index in [1.54, 1.807) is 0 Å². The van der Waals surface area contributed by atoms with Crippen LogP contribution in [0.2, 0.25) is 0 Å². The van der Waals surface area contributed by atoms with Crippen molar-refractivity contribution in [2.75, 3.05) is 39.6 Å². The van der Waals surface area contributed by atoms with Crippen LogP contribution in [0.3, 0.4) is 0 Å². The van der Waals surface area contributed by atoms with Gasteiger partial charge in [0.1, 0.15) is 19.3 Å². The third kappa shape index (κ3) is 65.4. The Morgan fingerprint density at radius 1 is 0.304 bits per heavy atom. The van der Waals surface area contributed by atoms with Crippen molar-refractivity contribution in [1.82, 2.24) is 0 Å². The molecule has 17 nitrogen and oxygen atoms in total. The van der Waals surface area contributed by atoms with E-state index in [0.29, 0.717) is 31.6 Å². The highest BCUT2D eigenvalue weighted by molar-refractivity contribution is 7.47. The second-order valence-corrected chi connectivity index (χ2v) is 30.9. The van der Waals surface area contributed by atoms with Crippen molar-refractivity contribution >= 4 is 39.5 Å². The largest absolute Gasteiger partial charge is 0.472 e. The number of unbranched alkanes of at least 4 members (excludes halogenated alkanes) is 35. The lowest BCUT2D eigenvalue weighted by Gasteiger charge is -2.21. The average molecular weight is 1350 g/mol. The summed E-state index contributed by atoms with van der Waals surface area (Å²) in [5, 5.41) is 10.6. The lowest BCUT2D eigenvalue weighted by atomic mass is 9.99. The van der Waals surface area contributed by atoms with E-state index in [2.05, 4.69) is 55.4 Å². The molecule has 0 amide bonds. The zero-order valence-corrected chi connectivity index (χ0v) is 62.0. The minimum absolute atomic E-state index is 0.105. The van der Waals surface area contributed by atoms with Gasteiger partial charge in [-0.15, -0.1) is 0 Å². The lowest BCUT2D eigenvalue weighted by Crippen LogP contribution is -2.30. The molecular weight excluding hydrogens is 1210 g/mol. The Bertz CT molecular complexity index is 1820. The first-order valence-corrected chi connectivity index (χ1v) is 40.7. The van der Waals surface area contributed by atoms with Gasteiger partial charge in [-0.05, 0) is 49.4 Å². The van der Waals surface area contributed by atoms with Crippen molar-refractivity contribution < 1.29 is 80.2 Å². The van der Waals surface area contributed by atoms with Crippen molar-refractivity contribution in [3.05, 3.63) is 0 Å². The van der Waals surface area contributed by atoms with Crippen LogP contribution in [0, 0.1) is 23.7 Å². The van der Waals surface area contributed by atoms with E-state index in [1.807, 2.05) is 0 Å². The minimum Gasteiger partial charge on any atom is -0.462 e. The van der Waals surface area contributed by atoms with Crippen molar-refractivity contribution in [3.8, 4) is 0 Å². The molecule has 3 N–H and O–H groups in total. The van der Waals surface area contributed by atoms with E-state index in [9.17, 15) is 43.2 Å². The van der Waals surface area contributed by atoms with Crippen LogP contribution in [0.4, 0.5) is 0 Å². The molecule has 0 radical (unpaired) electrons. The van der Waals surface area contributed by atoms with Crippen molar-refractivity contribution in [3.63, 3.8) is 0 Å². The van der Waals surface area contributed by atoms with Gasteiger partial charge in [-0.1, -0.05) is 312 Å². The summed E-state index contributed by atoms with van der Waals surface area (Å²) in [6.07, 6.45) is 45.9. The molecule has 4 unspecified atom stereocenters. The standard InChI is InChI=1S/C73H142O17P2/c1-9-66(8)52-44-36-28-19-14-12-10-11-13-15-20-30-39-47-55-72(77)90-69(60-84-71(76)54-46-38-32-24-27-35-43-51-65(6)7)62-88-92(81,82)86-58-67(74)57-85-91(79,80)87-61-68(59-83-70(75)53-45-37-29-23-22-26-34-42-50-64(4)5)89-73(78)56-48-40-31-21-17-16-18-25-33-41-49-63(2)3/h63-69,74H,9-62H2,1-8H3,(H,79,80)(H,81,82)/t66?,67?,68-,69-/m1/s1. The van der Waals surface area contributed by atoms with Crippen LogP contribution in [-0.4, -0.2) is 96.7 Å². The molecule has 19 heteroatoms. The van der Waals surface area contributed by atoms with Gasteiger partial charge in [0.25, 0.3) is 0 Å². The second kappa shape index (κ2) is 62.6. The van der Waals surface area contributed by atoms with Crippen LogP contribution in [-0.2, 0) is 65.4 Å². The maximum Gasteiger partial charge on any atom is 0.472 e.